The van der Waals surface area contributed by atoms with Crippen LogP contribution in [0.4, 0.5) is 18.0 Å². The highest BCUT2D eigenvalue weighted by Crippen LogP contribution is 2.36. The number of rotatable bonds is 4. The lowest BCUT2D eigenvalue weighted by atomic mass is 10.1. The van der Waals surface area contributed by atoms with Crippen LogP contribution in [0, 0.1) is 0 Å². The van der Waals surface area contributed by atoms with Crippen molar-refractivity contribution in [3.8, 4) is 5.75 Å². The molecule has 1 aliphatic rings. The topological polar surface area (TPSA) is 95.9 Å². The number of halogens is 3. The van der Waals surface area contributed by atoms with Crippen LogP contribution in [-0.2, 0) is 16.2 Å². The van der Waals surface area contributed by atoms with Crippen LogP contribution in [0.2, 0.25) is 0 Å². The zero-order valence-corrected chi connectivity index (χ0v) is 14.0. The average molecular weight is 382 g/mol. The zero-order chi connectivity index (χ0) is 18.8. The number of benzene rings is 1. The molecule has 0 saturated carbocycles. The highest BCUT2D eigenvalue weighted by atomic mass is 32.2. The second-order valence-electron chi connectivity index (χ2n) is 5.53. The van der Waals surface area contributed by atoms with E-state index < -0.39 is 38.8 Å². The summed E-state index contributed by atoms with van der Waals surface area (Å²) < 4.78 is 71.3. The number of methoxy groups -OCH3 is 1. The van der Waals surface area contributed by atoms with Crippen molar-refractivity contribution >= 4 is 16.1 Å². The standard InChI is InChI=1S/C14H17F3N2O5S/c1-24-10-2-3-12(11(8-10)14(15,16)17)25(22,23)18-9-4-6-19(7-5-9)13(20)21/h2-3,8-9,18H,4-7H2,1H3,(H,20,21). The van der Waals surface area contributed by atoms with Gasteiger partial charge in [-0.1, -0.05) is 0 Å². The molecular formula is C14H17F3N2O5S. The first-order chi connectivity index (χ1) is 11.5. The summed E-state index contributed by atoms with van der Waals surface area (Å²) >= 11 is 0. The summed E-state index contributed by atoms with van der Waals surface area (Å²) in [5.74, 6) is -0.110. The van der Waals surface area contributed by atoms with Crippen molar-refractivity contribution in [2.75, 3.05) is 20.2 Å². The number of hydrogen-bond donors (Lipinski definition) is 2. The van der Waals surface area contributed by atoms with Crippen molar-refractivity contribution < 1.29 is 36.2 Å². The summed E-state index contributed by atoms with van der Waals surface area (Å²) in [6.07, 6.45) is -5.62. The summed E-state index contributed by atoms with van der Waals surface area (Å²) in [5.41, 5.74) is -1.32. The molecule has 1 aromatic carbocycles. The van der Waals surface area contributed by atoms with Gasteiger partial charge in [0.05, 0.1) is 17.6 Å². The van der Waals surface area contributed by atoms with E-state index in [1.807, 2.05) is 0 Å². The second kappa shape index (κ2) is 7.08. The number of nitrogens with zero attached hydrogens (tertiary/aromatic N) is 1. The SMILES string of the molecule is COc1ccc(S(=O)(=O)NC2CCN(C(=O)O)CC2)c(C(F)(F)F)c1. The second-order valence-corrected chi connectivity index (χ2v) is 7.21. The molecule has 1 amide bonds. The van der Waals surface area contributed by atoms with Crippen molar-refractivity contribution in [2.24, 2.45) is 0 Å². The van der Waals surface area contributed by atoms with Crippen LogP contribution < -0.4 is 9.46 Å². The van der Waals surface area contributed by atoms with Gasteiger partial charge in [0.25, 0.3) is 0 Å². The van der Waals surface area contributed by atoms with Gasteiger partial charge in [0.15, 0.2) is 0 Å². The zero-order valence-electron chi connectivity index (χ0n) is 13.2. The Morgan fingerprint density at radius 2 is 1.92 bits per heavy atom. The van der Waals surface area contributed by atoms with Crippen LogP contribution in [0.15, 0.2) is 23.1 Å². The van der Waals surface area contributed by atoms with Crippen molar-refractivity contribution in [2.45, 2.75) is 30.0 Å². The van der Waals surface area contributed by atoms with Gasteiger partial charge < -0.3 is 14.7 Å². The Morgan fingerprint density at radius 1 is 1.32 bits per heavy atom. The minimum Gasteiger partial charge on any atom is -0.497 e. The van der Waals surface area contributed by atoms with E-state index >= 15 is 0 Å². The van der Waals surface area contributed by atoms with Crippen LogP contribution in [0.5, 0.6) is 5.75 Å². The Balaban J connectivity index is 2.24. The van der Waals surface area contributed by atoms with Gasteiger partial charge in [-0.2, -0.15) is 13.2 Å². The van der Waals surface area contributed by atoms with Crippen molar-refractivity contribution in [1.29, 1.82) is 0 Å². The number of amides is 1. The lowest BCUT2D eigenvalue weighted by Gasteiger charge is -2.30. The lowest BCUT2D eigenvalue weighted by molar-refractivity contribution is -0.140. The van der Waals surface area contributed by atoms with E-state index in [0.29, 0.717) is 6.07 Å². The fraction of sp³-hybridized carbons (Fsp3) is 0.500. The van der Waals surface area contributed by atoms with Crippen LogP contribution in [0.25, 0.3) is 0 Å². The van der Waals surface area contributed by atoms with Crippen molar-refractivity contribution in [3.05, 3.63) is 23.8 Å². The molecule has 0 aromatic heterocycles. The first-order valence-electron chi connectivity index (χ1n) is 7.30. The summed E-state index contributed by atoms with van der Waals surface area (Å²) in [6.45, 7) is 0.217. The normalized spacial score (nSPS) is 16.7. The van der Waals surface area contributed by atoms with E-state index in [1.165, 1.54) is 7.11 Å². The van der Waals surface area contributed by atoms with E-state index in [1.54, 1.807) is 0 Å². The third kappa shape index (κ3) is 4.54. The molecule has 0 radical (unpaired) electrons. The highest BCUT2D eigenvalue weighted by Gasteiger charge is 2.38. The number of likely N-dealkylation sites (tertiary alicyclic amines) is 1. The molecule has 0 spiro atoms. The molecule has 25 heavy (non-hydrogen) atoms. The number of carboxylic acid groups (broad SMARTS) is 1. The molecule has 0 atom stereocenters. The van der Waals surface area contributed by atoms with E-state index in [0.717, 1.165) is 17.0 Å². The Hall–Kier alpha value is -2.01. The Labute approximate surface area is 142 Å². The molecule has 1 heterocycles. The van der Waals surface area contributed by atoms with Crippen molar-refractivity contribution in [1.82, 2.24) is 9.62 Å². The molecule has 0 aliphatic carbocycles. The van der Waals surface area contributed by atoms with Gasteiger partial charge in [0, 0.05) is 19.1 Å². The average Bonchev–Trinajstić information content (AvgIpc) is 2.53. The van der Waals surface area contributed by atoms with Gasteiger partial charge in [-0.05, 0) is 31.0 Å². The fourth-order valence-corrected chi connectivity index (χ4v) is 4.08. The Bertz CT molecular complexity index is 743. The minimum atomic E-state index is -4.87. The first kappa shape index (κ1) is 19.3. The third-order valence-corrected chi connectivity index (χ3v) is 5.45. The van der Waals surface area contributed by atoms with Crippen LogP contribution >= 0.6 is 0 Å². The fourth-order valence-electron chi connectivity index (χ4n) is 2.56. The summed E-state index contributed by atoms with van der Waals surface area (Å²) in [7, 11) is -3.25. The number of piperidine rings is 1. The van der Waals surface area contributed by atoms with E-state index in [4.69, 9.17) is 9.84 Å². The molecule has 2 rings (SSSR count). The van der Waals surface area contributed by atoms with Gasteiger partial charge in [-0.3, -0.25) is 0 Å². The lowest BCUT2D eigenvalue weighted by Crippen LogP contribution is -2.46. The minimum absolute atomic E-state index is 0.108. The smallest absolute Gasteiger partial charge is 0.417 e. The van der Waals surface area contributed by atoms with Crippen molar-refractivity contribution in [3.63, 3.8) is 0 Å². The predicted molar refractivity (Wildman–Crippen MR) is 80.9 cm³/mol. The highest BCUT2D eigenvalue weighted by molar-refractivity contribution is 7.89. The third-order valence-electron chi connectivity index (χ3n) is 3.87. The van der Waals surface area contributed by atoms with E-state index in [2.05, 4.69) is 4.72 Å². The maximum Gasteiger partial charge on any atom is 0.417 e. The molecule has 1 aliphatic heterocycles. The Morgan fingerprint density at radius 3 is 2.40 bits per heavy atom. The number of nitrogens with one attached hydrogen (secondary N) is 1. The van der Waals surface area contributed by atoms with E-state index in [-0.39, 0.29) is 31.7 Å². The molecule has 11 heteroatoms. The molecule has 140 valence electrons. The first-order valence-corrected chi connectivity index (χ1v) is 8.78. The molecule has 0 bridgehead atoms. The number of sulfonamides is 1. The molecule has 1 aromatic rings. The maximum atomic E-state index is 13.2. The molecule has 1 saturated heterocycles. The number of carbonyl (C=O) groups is 1. The monoisotopic (exact) mass is 382 g/mol. The largest absolute Gasteiger partial charge is 0.497 e. The molecule has 7 nitrogen and oxygen atoms in total. The molecular weight excluding hydrogens is 365 g/mol. The van der Waals surface area contributed by atoms with Gasteiger partial charge in [0.2, 0.25) is 10.0 Å². The van der Waals surface area contributed by atoms with Gasteiger partial charge in [-0.15, -0.1) is 0 Å². The van der Waals surface area contributed by atoms with Gasteiger partial charge >= 0.3 is 12.3 Å². The summed E-state index contributed by atoms with van der Waals surface area (Å²) in [4.78, 5) is 11.1. The molecule has 1 fully saturated rings. The van der Waals surface area contributed by atoms with Gasteiger partial charge in [0.1, 0.15) is 5.75 Å². The number of ether oxygens (including phenoxy) is 1. The summed E-state index contributed by atoms with van der Waals surface area (Å²) in [5, 5.41) is 8.86. The molecule has 0 unspecified atom stereocenters. The van der Waals surface area contributed by atoms with Crippen LogP contribution in [-0.4, -0.2) is 50.8 Å². The molecule has 2 N–H and O–H groups in total. The van der Waals surface area contributed by atoms with Gasteiger partial charge in [-0.25, -0.2) is 17.9 Å². The predicted octanol–water partition coefficient (Wildman–Crippen LogP) is 2.13. The van der Waals surface area contributed by atoms with E-state index in [9.17, 15) is 26.4 Å². The van der Waals surface area contributed by atoms with Crippen LogP contribution in [0.3, 0.4) is 0 Å². The number of alkyl halides is 3. The summed E-state index contributed by atoms with van der Waals surface area (Å²) in [6, 6.07) is 1.97. The quantitative estimate of drug-likeness (QED) is 0.832. The maximum absolute atomic E-state index is 13.2. The Kier molecular flexibility index (Phi) is 5.47. The van der Waals surface area contributed by atoms with Crippen LogP contribution in [0.1, 0.15) is 18.4 Å². The number of hydrogen-bond acceptors (Lipinski definition) is 4.